The van der Waals surface area contributed by atoms with Crippen LogP contribution >= 0.6 is 31.9 Å². The predicted molar refractivity (Wildman–Crippen MR) is 83.2 cm³/mol. The van der Waals surface area contributed by atoms with Crippen molar-refractivity contribution in [2.75, 3.05) is 7.05 Å². The molecule has 2 aromatic rings. The third-order valence-corrected chi connectivity index (χ3v) is 3.45. The molecule has 0 saturated carbocycles. The lowest BCUT2D eigenvalue weighted by molar-refractivity contribution is 0.289. The molecule has 0 atom stereocenters. The number of ether oxygens (including phenoxy) is 1. The molecule has 0 aliphatic heterocycles. The molecule has 3 nitrogen and oxygen atoms in total. The van der Waals surface area contributed by atoms with E-state index in [9.17, 15) is 0 Å². The molecule has 100 valence electrons. The van der Waals surface area contributed by atoms with Crippen LogP contribution in [0.1, 0.15) is 11.1 Å². The molecular weight excluding hydrogens is 372 g/mol. The second-order valence-corrected chi connectivity index (χ2v) is 5.90. The number of hydrogen-bond donors (Lipinski definition) is 1. The number of aromatic nitrogens is 1. The Morgan fingerprint density at radius 2 is 2.05 bits per heavy atom. The standard InChI is InChI=1S/C14H14Br2N2O/c1-17-7-11-6-13(16)8-18-14(11)19-9-10-3-2-4-12(15)5-10/h2-6,8,17H,7,9H2,1H3. The van der Waals surface area contributed by atoms with E-state index < -0.39 is 0 Å². The summed E-state index contributed by atoms with van der Waals surface area (Å²) >= 11 is 6.87. The minimum Gasteiger partial charge on any atom is -0.473 e. The lowest BCUT2D eigenvalue weighted by Gasteiger charge is -2.10. The minimum absolute atomic E-state index is 0.505. The van der Waals surface area contributed by atoms with E-state index in [1.165, 1.54) is 0 Å². The van der Waals surface area contributed by atoms with Gasteiger partial charge in [0.05, 0.1) is 0 Å². The molecule has 19 heavy (non-hydrogen) atoms. The Bertz CT molecular complexity index is 561. The SMILES string of the molecule is CNCc1cc(Br)cnc1OCc1cccc(Br)c1. The highest BCUT2D eigenvalue weighted by atomic mass is 79.9. The average Bonchev–Trinajstić information content (AvgIpc) is 2.38. The number of nitrogens with zero attached hydrogens (tertiary/aromatic N) is 1. The Kier molecular flexibility index (Phi) is 5.36. The Morgan fingerprint density at radius 3 is 2.79 bits per heavy atom. The number of hydrogen-bond acceptors (Lipinski definition) is 3. The van der Waals surface area contributed by atoms with Gasteiger partial charge in [0.25, 0.3) is 0 Å². The Hall–Kier alpha value is -0.910. The number of rotatable bonds is 5. The smallest absolute Gasteiger partial charge is 0.218 e. The van der Waals surface area contributed by atoms with Gasteiger partial charge >= 0.3 is 0 Å². The first kappa shape index (κ1) is 14.5. The summed E-state index contributed by atoms with van der Waals surface area (Å²) < 4.78 is 7.79. The molecule has 0 aliphatic carbocycles. The van der Waals surface area contributed by atoms with E-state index >= 15 is 0 Å². The van der Waals surface area contributed by atoms with Crippen molar-refractivity contribution in [3.63, 3.8) is 0 Å². The monoisotopic (exact) mass is 384 g/mol. The highest BCUT2D eigenvalue weighted by Crippen LogP contribution is 2.21. The van der Waals surface area contributed by atoms with Gasteiger partial charge in [0.1, 0.15) is 6.61 Å². The van der Waals surface area contributed by atoms with E-state index in [-0.39, 0.29) is 0 Å². The molecule has 1 heterocycles. The summed E-state index contributed by atoms with van der Waals surface area (Å²) in [5, 5.41) is 3.11. The van der Waals surface area contributed by atoms with Crippen molar-refractivity contribution in [1.82, 2.24) is 10.3 Å². The molecule has 1 aromatic heterocycles. The molecule has 0 saturated heterocycles. The summed E-state index contributed by atoms with van der Waals surface area (Å²) in [5.74, 6) is 0.664. The Labute approximate surface area is 129 Å². The van der Waals surface area contributed by atoms with Gasteiger partial charge in [-0.1, -0.05) is 28.1 Å². The quantitative estimate of drug-likeness (QED) is 0.847. The second kappa shape index (κ2) is 7.03. The molecule has 0 amide bonds. The molecular formula is C14H14Br2N2O. The molecule has 0 unspecified atom stereocenters. The highest BCUT2D eigenvalue weighted by Gasteiger charge is 2.06. The molecule has 2 rings (SSSR count). The van der Waals surface area contributed by atoms with Gasteiger partial charge in [0.15, 0.2) is 0 Å². The summed E-state index contributed by atoms with van der Waals surface area (Å²) in [6.45, 7) is 1.23. The van der Waals surface area contributed by atoms with E-state index in [0.717, 1.165) is 26.6 Å². The van der Waals surface area contributed by atoms with Gasteiger partial charge in [-0.25, -0.2) is 4.98 Å². The summed E-state index contributed by atoms with van der Waals surface area (Å²) in [6, 6.07) is 10.1. The molecule has 0 spiro atoms. The van der Waals surface area contributed by atoms with Gasteiger partial charge < -0.3 is 10.1 Å². The van der Waals surface area contributed by atoms with E-state index in [1.807, 2.05) is 37.4 Å². The van der Waals surface area contributed by atoms with E-state index in [0.29, 0.717) is 12.5 Å². The van der Waals surface area contributed by atoms with Crippen LogP contribution in [0.4, 0.5) is 0 Å². The third-order valence-electron chi connectivity index (χ3n) is 2.52. The van der Waals surface area contributed by atoms with Gasteiger partial charge in [-0.05, 0) is 46.7 Å². The van der Waals surface area contributed by atoms with E-state index in [4.69, 9.17) is 4.74 Å². The zero-order chi connectivity index (χ0) is 13.7. The van der Waals surface area contributed by atoms with Crippen molar-refractivity contribution in [3.05, 3.63) is 56.6 Å². The van der Waals surface area contributed by atoms with E-state index in [1.54, 1.807) is 6.20 Å². The molecule has 0 bridgehead atoms. The molecule has 5 heteroatoms. The van der Waals surface area contributed by atoms with Crippen molar-refractivity contribution >= 4 is 31.9 Å². The van der Waals surface area contributed by atoms with Gasteiger partial charge in [0, 0.05) is 27.3 Å². The van der Waals surface area contributed by atoms with Gasteiger partial charge in [-0.2, -0.15) is 0 Å². The summed E-state index contributed by atoms with van der Waals surface area (Å²) in [6.07, 6.45) is 1.75. The fourth-order valence-corrected chi connectivity index (χ4v) is 2.52. The maximum absolute atomic E-state index is 5.79. The van der Waals surface area contributed by atoms with Crippen LogP contribution in [0.25, 0.3) is 0 Å². The van der Waals surface area contributed by atoms with E-state index in [2.05, 4.69) is 42.2 Å². The fraction of sp³-hybridized carbons (Fsp3) is 0.214. The molecule has 0 radical (unpaired) electrons. The summed E-state index contributed by atoms with van der Waals surface area (Å²) in [5.41, 5.74) is 2.14. The van der Waals surface area contributed by atoms with Gasteiger partial charge in [-0.3, -0.25) is 0 Å². The van der Waals surface area contributed by atoms with Crippen molar-refractivity contribution < 1.29 is 4.74 Å². The number of pyridine rings is 1. The highest BCUT2D eigenvalue weighted by molar-refractivity contribution is 9.10. The first-order valence-corrected chi connectivity index (χ1v) is 7.44. The van der Waals surface area contributed by atoms with Crippen molar-refractivity contribution in [1.29, 1.82) is 0 Å². The van der Waals surface area contributed by atoms with Crippen LogP contribution in [-0.4, -0.2) is 12.0 Å². The number of halogens is 2. The summed E-state index contributed by atoms with van der Waals surface area (Å²) in [4.78, 5) is 4.31. The topological polar surface area (TPSA) is 34.2 Å². The van der Waals surface area contributed by atoms with Gasteiger partial charge in [0.2, 0.25) is 5.88 Å². The average molecular weight is 386 g/mol. The van der Waals surface area contributed by atoms with Crippen molar-refractivity contribution in [2.24, 2.45) is 0 Å². The Morgan fingerprint density at radius 1 is 1.21 bits per heavy atom. The van der Waals surface area contributed by atoms with Crippen molar-refractivity contribution in [3.8, 4) is 5.88 Å². The third kappa shape index (κ3) is 4.30. The maximum Gasteiger partial charge on any atom is 0.218 e. The van der Waals surface area contributed by atoms with Gasteiger partial charge in [-0.15, -0.1) is 0 Å². The zero-order valence-electron chi connectivity index (χ0n) is 10.5. The lowest BCUT2D eigenvalue weighted by Crippen LogP contribution is -2.08. The van der Waals surface area contributed by atoms with Crippen LogP contribution in [0.3, 0.4) is 0 Å². The van der Waals surface area contributed by atoms with Crippen LogP contribution in [-0.2, 0) is 13.2 Å². The molecule has 0 aliphatic rings. The normalized spacial score (nSPS) is 10.5. The van der Waals surface area contributed by atoms with Crippen LogP contribution in [0.5, 0.6) is 5.88 Å². The largest absolute Gasteiger partial charge is 0.473 e. The van der Waals surface area contributed by atoms with Crippen LogP contribution in [0.2, 0.25) is 0 Å². The maximum atomic E-state index is 5.79. The molecule has 1 N–H and O–H groups in total. The van der Waals surface area contributed by atoms with Crippen molar-refractivity contribution in [2.45, 2.75) is 13.2 Å². The summed E-state index contributed by atoms with van der Waals surface area (Å²) in [7, 11) is 1.90. The van der Waals surface area contributed by atoms with Crippen LogP contribution < -0.4 is 10.1 Å². The minimum atomic E-state index is 0.505. The zero-order valence-corrected chi connectivity index (χ0v) is 13.7. The first-order chi connectivity index (χ1) is 9.19. The van der Waals surface area contributed by atoms with Crippen LogP contribution in [0, 0.1) is 0 Å². The molecule has 1 aromatic carbocycles. The fourth-order valence-electron chi connectivity index (χ4n) is 1.69. The lowest BCUT2D eigenvalue weighted by atomic mass is 10.2. The molecule has 0 fully saturated rings. The first-order valence-electron chi connectivity index (χ1n) is 5.85. The Balaban J connectivity index is 2.10. The second-order valence-electron chi connectivity index (χ2n) is 4.07. The predicted octanol–water partition coefficient (Wildman–Crippen LogP) is 3.91. The van der Waals surface area contributed by atoms with Crippen LogP contribution in [0.15, 0.2) is 45.5 Å². The number of benzene rings is 1. The number of nitrogens with one attached hydrogen (secondary N) is 1.